The molecule has 6 nitrogen and oxygen atoms in total. The van der Waals surface area contributed by atoms with Gasteiger partial charge in [-0.25, -0.2) is 0 Å². The molecule has 1 unspecified atom stereocenters. The molecule has 0 aliphatic rings. The van der Waals surface area contributed by atoms with Gasteiger partial charge in [0.05, 0.1) is 6.54 Å². The van der Waals surface area contributed by atoms with E-state index >= 15 is 0 Å². The van der Waals surface area contributed by atoms with Gasteiger partial charge in [-0.3, -0.25) is 14.4 Å². The van der Waals surface area contributed by atoms with E-state index in [0.29, 0.717) is 0 Å². The average Bonchev–Trinajstić information content (AvgIpc) is 2.00. The fourth-order valence-corrected chi connectivity index (χ4v) is 0.568. The van der Waals surface area contributed by atoms with Gasteiger partial charge >= 0.3 is 0 Å². The van der Waals surface area contributed by atoms with E-state index in [0.717, 1.165) is 0 Å². The lowest BCUT2D eigenvalue weighted by Crippen LogP contribution is -2.46. The summed E-state index contributed by atoms with van der Waals surface area (Å²) < 4.78 is 0. The highest BCUT2D eigenvalue weighted by atomic mass is 16.2. The quantitative estimate of drug-likeness (QED) is 0.479. The molecule has 0 aromatic rings. The number of hydrogen-bond donors (Lipinski definition) is 3. The van der Waals surface area contributed by atoms with Crippen molar-refractivity contribution in [3.05, 3.63) is 0 Å². The molecule has 0 aliphatic heterocycles. The minimum atomic E-state index is -0.721. The molecule has 3 amide bonds. The molecule has 0 saturated heterocycles. The molecule has 0 aromatic heterocycles. The fourth-order valence-electron chi connectivity index (χ4n) is 0.568. The Kier molecular flexibility index (Phi) is 4.50. The van der Waals surface area contributed by atoms with Crippen LogP contribution < -0.4 is 16.4 Å². The van der Waals surface area contributed by atoms with E-state index in [1.165, 1.54) is 13.8 Å². The molecule has 0 bridgehead atoms. The second-order valence-corrected chi connectivity index (χ2v) is 2.60. The molecule has 0 fully saturated rings. The summed E-state index contributed by atoms with van der Waals surface area (Å²) in [5, 5.41) is 4.59. The summed E-state index contributed by atoms with van der Waals surface area (Å²) in [6.45, 7) is 2.62. The highest BCUT2D eigenvalue weighted by Gasteiger charge is 2.11. The van der Waals surface area contributed by atoms with Gasteiger partial charge in [-0.1, -0.05) is 0 Å². The second-order valence-electron chi connectivity index (χ2n) is 2.60. The number of amides is 3. The minimum Gasteiger partial charge on any atom is -0.368 e. The Morgan fingerprint density at radius 2 is 1.92 bits per heavy atom. The summed E-state index contributed by atoms with van der Waals surface area (Å²) in [6.07, 6.45) is 0. The molecule has 4 N–H and O–H groups in total. The van der Waals surface area contributed by atoms with E-state index in [2.05, 4.69) is 10.6 Å². The van der Waals surface area contributed by atoms with Crippen molar-refractivity contribution in [2.24, 2.45) is 5.73 Å². The van der Waals surface area contributed by atoms with Crippen LogP contribution in [0.1, 0.15) is 13.8 Å². The van der Waals surface area contributed by atoms with Crippen LogP contribution in [0.25, 0.3) is 0 Å². The monoisotopic (exact) mass is 187 g/mol. The second kappa shape index (κ2) is 5.13. The lowest BCUT2D eigenvalue weighted by Gasteiger charge is -2.09. The van der Waals surface area contributed by atoms with Gasteiger partial charge in [-0.15, -0.1) is 0 Å². The maximum absolute atomic E-state index is 10.9. The Balaban J connectivity index is 3.74. The summed E-state index contributed by atoms with van der Waals surface area (Å²) >= 11 is 0. The molecule has 0 spiro atoms. The SMILES string of the molecule is CC(=O)NCC(=O)NC(C)C(N)=O. The first kappa shape index (κ1) is 11.4. The van der Waals surface area contributed by atoms with Crippen LogP contribution >= 0.6 is 0 Å². The Morgan fingerprint density at radius 1 is 1.38 bits per heavy atom. The van der Waals surface area contributed by atoms with Crippen molar-refractivity contribution in [1.82, 2.24) is 10.6 Å². The minimum absolute atomic E-state index is 0.146. The van der Waals surface area contributed by atoms with E-state index in [-0.39, 0.29) is 12.5 Å². The largest absolute Gasteiger partial charge is 0.368 e. The number of hydrogen-bond acceptors (Lipinski definition) is 3. The Morgan fingerprint density at radius 3 is 2.31 bits per heavy atom. The fraction of sp³-hybridized carbons (Fsp3) is 0.571. The Bertz CT molecular complexity index is 227. The van der Waals surface area contributed by atoms with E-state index in [1.807, 2.05) is 0 Å². The Labute approximate surface area is 75.9 Å². The van der Waals surface area contributed by atoms with Gasteiger partial charge in [0.1, 0.15) is 6.04 Å². The highest BCUT2D eigenvalue weighted by Crippen LogP contribution is 1.77. The van der Waals surface area contributed by atoms with Gasteiger partial charge in [0.25, 0.3) is 0 Å². The van der Waals surface area contributed by atoms with Crippen molar-refractivity contribution in [3.63, 3.8) is 0 Å². The van der Waals surface area contributed by atoms with Crippen LogP contribution in [0.4, 0.5) is 0 Å². The lowest BCUT2D eigenvalue weighted by atomic mass is 10.3. The molecule has 74 valence electrons. The van der Waals surface area contributed by atoms with Gasteiger partial charge in [0, 0.05) is 6.92 Å². The van der Waals surface area contributed by atoms with Crippen molar-refractivity contribution in [2.45, 2.75) is 19.9 Å². The first-order chi connectivity index (χ1) is 5.93. The predicted octanol–water partition coefficient (Wildman–Crippen LogP) is -1.89. The van der Waals surface area contributed by atoms with Gasteiger partial charge in [0.2, 0.25) is 17.7 Å². The van der Waals surface area contributed by atoms with Crippen molar-refractivity contribution >= 4 is 17.7 Å². The maximum atomic E-state index is 10.9. The van der Waals surface area contributed by atoms with Crippen LogP contribution in [0.15, 0.2) is 0 Å². The maximum Gasteiger partial charge on any atom is 0.240 e. The molecule has 0 saturated carbocycles. The topological polar surface area (TPSA) is 101 Å². The van der Waals surface area contributed by atoms with Crippen LogP contribution in [-0.4, -0.2) is 30.3 Å². The molecule has 13 heavy (non-hydrogen) atoms. The molecule has 0 aliphatic carbocycles. The van der Waals surface area contributed by atoms with Crippen molar-refractivity contribution in [3.8, 4) is 0 Å². The number of carbonyl (C=O) groups is 3. The first-order valence-electron chi connectivity index (χ1n) is 3.76. The first-order valence-corrected chi connectivity index (χ1v) is 3.76. The number of primary amides is 1. The number of nitrogens with two attached hydrogens (primary N) is 1. The molecule has 0 aromatic carbocycles. The van der Waals surface area contributed by atoms with Gasteiger partial charge in [-0.2, -0.15) is 0 Å². The van der Waals surface area contributed by atoms with Crippen LogP contribution in [0.3, 0.4) is 0 Å². The molecule has 6 heteroatoms. The molecule has 0 rings (SSSR count). The third kappa shape index (κ3) is 5.66. The summed E-state index contributed by atoms with van der Waals surface area (Å²) in [4.78, 5) is 31.8. The highest BCUT2D eigenvalue weighted by molar-refractivity contribution is 5.88. The summed E-state index contributed by atoms with van der Waals surface area (Å²) in [7, 11) is 0. The third-order valence-corrected chi connectivity index (χ3v) is 1.30. The molecular formula is C7H13N3O3. The zero-order valence-electron chi connectivity index (χ0n) is 7.59. The lowest BCUT2D eigenvalue weighted by molar-refractivity contribution is -0.128. The van der Waals surface area contributed by atoms with E-state index in [1.54, 1.807) is 0 Å². The van der Waals surface area contributed by atoms with E-state index in [4.69, 9.17) is 5.73 Å². The number of carbonyl (C=O) groups excluding carboxylic acids is 3. The van der Waals surface area contributed by atoms with Crippen molar-refractivity contribution in [1.29, 1.82) is 0 Å². The van der Waals surface area contributed by atoms with Crippen LogP contribution in [0.5, 0.6) is 0 Å². The zero-order valence-corrected chi connectivity index (χ0v) is 7.59. The summed E-state index contributed by atoms with van der Waals surface area (Å²) in [5.41, 5.74) is 4.90. The van der Waals surface area contributed by atoms with E-state index in [9.17, 15) is 14.4 Å². The van der Waals surface area contributed by atoms with Gasteiger partial charge in [0.15, 0.2) is 0 Å². The standard InChI is InChI=1S/C7H13N3O3/c1-4(7(8)13)10-6(12)3-9-5(2)11/h4H,3H2,1-2H3,(H2,8,13)(H,9,11)(H,10,12). The van der Waals surface area contributed by atoms with Gasteiger partial charge in [-0.05, 0) is 6.92 Å². The Hall–Kier alpha value is -1.59. The molecule has 1 atom stereocenters. The predicted molar refractivity (Wildman–Crippen MR) is 45.5 cm³/mol. The summed E-state index contributed by atoms with van der Waals surface area (Å²) in [6, 6.07) is -0.721. The third-order valence-electron chi connectivity index (χ3n) is 1.30. The van der Waals surface area contributed by atoms with Gasteiger partial charge < -0.3 is 16.4 Å². The van der Waals surface area contributed by atoms with Crippen molar-refractivity contribution in [2.75, 3.05) is 6.54 Å². The zero-order chi connectivity index (χ0) is 10.4. The number of rotatable bonds is 4. The normalized spacial score (nSPS) is 11.5. The van der Waals surface area contributed by atoms with Crippen LogP contribution in [0.2, 0.25) is 0 Å². The van der Waals surface area contributed by atoms with Crippen LogP contribution in [-0.2, 0) is 14.4 Å². The van der Waals surface area contributed by atoms with Crippen molar-refractivity contribution < 1.29 is 14.4 Å². The van der Waals surface area contributed by atoms with Crippen LogP contribution in [0, 0.1) is 0 Å². The number of nitrogens with one attached hydrogen (secondary N) is 2. The molecule has 0 radical (unpaired) electrons. The molecular weight excluding hydrogens is 174 g/mol. The van der Waals surface area contributed by atoms with E-state index < -0.39 is 17.9 Å². The average molecular weight is 187 g/mol. The smallest absolute Gasteiger partial charge is 0.240 e. The summed E-state index contributed by atoms with van der Waals surface area (Å²) in [5.74, 6) is -1.36. The molecule has 0 heterocycles.